The topological polar surface area (TPSA) is 12.0 Å². The highest BCUT2D eigenvalue weighted by Gasteiger charge is 2.28. The Morgan fingerprint density at radius 2 is 2.00 bits per heavy atom. The number of nitrogens with one attached hydrogen (secondary N) is 1. The van der Waals surface area contributed by atoms with E-state index in [9.17, 15) is 0 Å². The predicted molar refractivity (Wildman–Crippen MR) is 84.5 cm³/mol. The fourth-order valence-electron chi connectivity index (χ4n) is 3.50. The van der Waals surface area contributed by atoms with Crippen molar-refractivity contribution in [3.63, 3.8) is 0 Å². The molecule has 1 aliphatic heterocycles. The van der Waals surface area contributed by atoms with E-state index in [2.05, 4.69) is 48.3 Å². The number of hydrogen-bond acceptors (Lipinski definition) is 2. The Balaban J connectivity index is 1.64. The van der Waals surface area contributed by atoms with Crippen LogP contribution in [0.5, 0.6) is 0 Å². The SMILES string of the molecule is CC1(CNC2CSCc3ccccc32)CCCCC1. The molecule has 1 atom stereocenters. The third-order valence-corrected chi connectivity index (χ3v) is 5.89. The lowest BCUT2D eigenvalue weighted by atomic mass is 9.75. The van der Waals surface area contributed by atoms with Crippen molar-refractivity contribution in [3.8, 4) is 0 Å². The minimum Gasteiger partial charge on any atom is -0.309 e. The summed E-state index contributed by atoms with van der Waals surface area (Å²) in [6.45, 7) is 3.66. The van der Waals surface area contributed by atoms with Gasteiger partial charge in [0.2, 0.25) is 0 Å². The second-order valence-corrected chi connectivity index (χ2v) is 7.55. The largest absolute Gasteiger partial charge is 0.309 e. The van der Waals surface area contributed by atoms with E-state index in [1.807, 2.05) is 0 Å². The van der Waals surface area contributed by atoms with E-state index in [4.69, 9.17) is 0 Å². The number of fused-ring (bicyclic) bond motifs is 1. The maximum absolute atomic E-state index is 3.87. The zero-order valence-corrected chi connectivity index (χ0v) is 12.8. The Kier molecular flexibility index (Phi) is 4.18. The monoisotopic (exact) mass is 275 g/mol. The highest BCUT2D eigenvalue weighted by molar-refractivity contribution is 7.98. The first-order valence-corrected chi connectivity index (χ1v) is 8.81. The van der Waals surface area contributed by atoms with Crippen molar-refractivity contribution in [2.24, 2.45) is 5.41 Å². The van der Waals surface area contributed by atoms with Crippen molar-refractivity contribution in [2.75, 3.05) is 12.3 Å². The van der Waals surface area contributed by atoms with E-state index in [0.29, 0.717) is 11.5 Å². The predicted octanol–water partition coefficient (Wildman–Crippen LogP) is 4.53. The number of thioether (sulfide) groups is 1. The Bertz CT molecular complexity index is 423. The summed E-state index contributed by atoms with van der Waals surface area (Å²) in [7, 11) is 0. The van der Waals surface area contributed by atoms with Crippen molar-refractivity contribution >= 4 is 11.8 Å². The molecule has 1 N–H and O–H groups in total. The molecule has 1 aromatic rings. The summed E-state index contributed by atoms with van der Waals surface area (Å²) in [5.74, 6) is 2.42. The van der Waals surface area contributed by atoms with Gasteiger partial charge in [-0.3, -0.25) is 0 Å². The molecule has 3 rings (SSSR count). The summed E-state index contributed by atoms with van der Waals surface area (Å²) in [5, 5.41) is 3.87. The summed E-state index contributed by atoms with van der Waals surface area (Å²) >= 11 is 2.07. The lowest BCUT2D eigenvalue weighted by Gasteiger charge is -2.36. The van der Waals surface area contributed by atoms with E-state index >= 15 is 0 Å². The minimum absolute atomic E-state index is 0.537. The molecular formula is C17H25NS. The molecule has 1 nitrogen and oxygen atoms in total. The van der Waals surface area contributed by atoms with Crippen LogP contribution in [0.3, 0.4) is 0 Å². The molecule has 104 valence electrons. The molecule has 1 fully saturated rings. The fraction of sp³-hybridized carbons (Fsp3) is 0.647. The molecule has 0 saturated heterocycles. The molecule has 2 heteroatoms. The first-order chi connectivity index (χ1) is 9.27. The average Bonchev–Trinajstić information content (AvgIpc) is 2.46. The van der Waals surface area contributed by atoms with Crippen molar-refractivity contribution in [3.05, 3.63) is 35.4 Å². The molecule has 1 unspecified atom stereocenters. The van der Waals surface area contributed by atoms with Crippen molar-refractivity contribution < 1.29 is 0 Å². The quantitative estimate of drug-likeness (QED) is 0.869. The maximum Gasteiger partial charge on any atom is 0.0415 e. The van der Waals surface area contributed by atoms with Gasteiger partial charge in [0.05, 0.1) is 0 Å². The van der Waals surface area contributed by atoms with Gasteiger partial charge in [0.25, 0.3) is 0 Å². The fourth-order valence-corrected chi connectivity index (χ4v) is 4.64. The zero-order chi connectivity index (χ0) is 13.1. The molecule has 0 amide bonds. The summed E-state index contributed by atoms with van der Waals surface area (Å²) in [4.78, 5) is 0. The van der Waals surface area contributed by atoms with Gasteiger partial charge >= 0.3 is 0 Å². The first kappa shape index (κ1) is 13.5. The van der Waals surface area contributed by atoms with Gasteiger partial charge in [-0.05, 0) is 29.4 Å². The van der Waals surface area contributed by atoms with Crippen LogP contribution in [0.4, 0.5) is 0 Å². The van der Waals surface area contributed by atoms with Gasteiger partial charge in [0, 0.05) is 24.1 Å². The van der Waals surface area contributed by atoms with Crippen LogP contribution < -0.4 is 5.32 Å². The molecule has 19 heavy (non-hydrogen) atoms. The number of benzene rings is 1. The van der Waals surface area contributed by atoms with E-state index in [-0.39, 0.29) is 0 Å². The third kappa shape index (κ3) is 3.17. The molecule has 1 heterocycles. The van der Waals surface area contributed by atoms with Crippen molar-refractivity contribution in [1.29, 1.82) is 0 Å². The normalized spacial score (nSPS) is 25.8. The van der Waals surface area contributed by atoms with Crippen LogP contribution in [-0.2, 0) is 5.75 Å². The van der Waals surface area contributed by atoms with Crippen LogP contribution in [0, 0.1) is 5.41 Å². The molecule has 2 aliphatic rings. The Hall–Kier alpha value is -0.470. The minimum atomic E-state index is 0.537. The molecule has 1 aliphatic carbocycles. The third-order valence-electron chi connectivity index (χ3n) is 4.81. The average molecular weight is 275 g/mol. The Morgan fingerprint density at radius 1 is 1.21 bits per heavy atom. The van der Waals surface area contributed by atoms with Crippen LogP contribution >= 0.6 is 11.8 Å². The summed E-state index contributed by atoms with van der Waals surface area (Å²) in [6.07, 6.45) is 7.10. The van der Waals surface area contributed by atoms with E-state index in [1.54, 1.807) is 5.56 Å². The Morgan fingerprint density at radius 3 is 2.84 bits per heavy atom. The zero-order valence-electron chi connectivity index (χ0n) is 12.0. The van der Waals surface area contributed by atoms with E-state index in [0.717, 1.165) is 0 Å². The van der Waals surface area contributed by atoms with Gasteiger partial charge in [0.1, 0.15) is 0 Å². The molecule has 1 saturated carbocycles. The summed E-state index contributed by atoms with van der Waals surface area (Å²) in [5.41, 5.74) is 3.61. The highest BCUT2D eigenvalue weighted by atomic mass is 32.2. The molecule has 0 bridgehead atoms. The van der Waals surface area contributed by atoms with E-state index < -0.39 is 0 Å². The van der Waals surface area contributed by atoms with Gasteiger partial charge in [-0.1, -0.05) is 50.5 Å². The van der Waals surface area contributed by atoms with Gasteiger partial charge in [-0.25, -0.2) is 0 Å². The van der Waals surface area contributed by atoms with Crippen LogP contribution in [0.1, 0.15) is 56.2 Å². The first-order valence-electron chi connectivity index (χ1n) is 7.66. The van der Waals surface area contributed by atoms with Crippen molar-refractivity contribution in [2.45, 2.75) is 50.8 Å². The van der Waals surface area contributed by atoms with Gasteiger partial charge in [-0.2, -0.15) is 11.8 Å². The van der Waals surface area contributed by atoms with Crippen LogP contribution in [0.25, 0.3) is 0 Å². The lowest BCUT2D eigenvalue weighted by molar-refractivity contribution is 0.202. The second-order valence-electron chi connectivity index (χ2n) is 6.52. The van der Waals surface area contributed by atoms with Crippen LogP contribution in [0.15, 0.2) is 24.3 Å². The molecular weight excluding hydrogens is 250 g/mol. The lowest BCUT2D eigenvalue weighted by Crippen LogP contribution is -2.37. The van der Waals surface area contributed by atoms with Crippen molar-refractivity contribution in [1.82, 2.24) is 5.32 Å². The van der Waals surface area contributed by atoms with Gasteiger partial charge in [-0.15, -0.1) is 0 Å². The van der Waals surface area contributed by atoms with Gasteiger partial charge < -0.3 is 5.32 Å². The molecule has 0 radical (unpaired) electrons. The Labute approximate surface area is 121 Å². The van der Waals surface area contributed by atoms with E-state index in [1.165, 1.54) is 55.7 Å². The van der Waals surface area contributed by atoms with Crippen LogP contribution in [-0.4, -0.2) is 12.3 Å². The molecule has 1 aromatic carbocycles. The van der Waals surface area contributed by atoms with Crippen LogP contribution in [0.2, 0.25) is 0 Å². The molecule has 0 aromatic heterocycles. The second kappa shape index (κ2) is 5.88. The smallest absolute Gasteiger partial charge is 0.0415 e. The number of hydrogen-bond donors (Lipinski definition) is 1. The van der Waals surface area contributed by atoms with Gasteiger partial charge in [0.15, 0.2) is 0 Å². The molecule has 0 spiro atoms. The number of rotatable bonds is 3. The standard InChI is InChI=1S/C17H25NS/c1-17(9-5-2-6-10-17)13-18-16-12-19-11-14-7-3-4-8-15(14)16/h3-4,7-8,16,18H,2,5-6,9-13H2,1H3. The maximum atomic E-state index is 3.87. The summed E-state index contributed by atoms with van der Waals surface area (Å²) in [6, 6.07) is 9.53. The highest BCUT2D eigenvalue weighted by Crippen LogP contribution is 2.37. The summed E-state index contributed by atoms with van der Waals surface area (Å²) < 4.78 is 0.